The summed E-state index contributed by atoms with van der Waals surface area (Å²) in [6, 6.07) is -3.25. The zero-order valence-corrected chi connectivity index (χ0v) is 11.1. The highest BCUT2D eigenvalue weighted by molar-refractivity contribution is 5.84. The zero-order valence-electron chi connectivity index (χ0n) is 24.1. The molecule has 1 saturated heterocycles. The largest absolute Gasteiger partial charge is 0.447 e. The Hall–Kier alpha value is -2.01. The van der Waals surface area contributed by atoms with Crippen LogP contribution in [0.3, 0.4) is 0 Å². The van der Waals surface area contributed by atoms with Crippen molar-refractivity contribution in [2.24, 2.45) is 0 Å². The van der Waals surface area contributed by atoms with Gasteiger partial charge in [0.1, 0.15) is 6.56 Å². The van der Waals surface area contributed by atoms with Crippen molar-refractivity contribution in [2.75, 3.05) is 27.1 Å². The first kappa shape index (κ1) is 5.32. The number of rotatable bonds is 5. The molecule has 1 atom stereocenters. The smallest absolute Gasteiger partial charge is 0.407 e. The van der Waals surface area contributed by atoms with Gasteiger partial charge in [0.15, 0.2) is 2.82 Å². The number of nitrogens with one attached hydrogen (secondary N) is 2. The molecule has 2 heterocycles. The van der Waals surface area contributed by atoms with E-state index in [0.29, 0.717) is 9.88 Å². The summed E-state index contributed by atoms with van der Waals surface area (Å²) in [5.74, 6) is 0. The van der Waals surface area contributed by atoms with Crippen molar-refractivity contribution in [1.29, 1.82) is 0 Å². The molecule has 1 fully saturated rings. The van der Waals surface area contributed by atoms with Crippen molar-refractivity contribution in [3.05, 3.63) is 35.4 Å². The molecule has 0 bridgehead atoms. The minimum Gasteiger partial charge on any atom is -0.447 e. The number of amides is 1. The van der Waals surface area contributed by atoms with Crippen LogP contribution in [0.1, 0.15) is 26.2 Å². The average molecular weight is 300 g/mol. The summed E-state index contributed by atoms with van der Waals surface area (Å²) in [6.07, 6.45) is -3.18. The number of nitrogens with zero attached hydrogens (tertiary/aromatic N) is 1. The number of aromatic nitrogens is 1. The Kier molecular flexibility index (Phi) is 1.46. The lowest BCUT2D eigenvalue weighted by Crippen LogP contribution is -2.28. The average Bonchev–Trinajstić information content (AvgIpc) is 3.05. The number of H-pyrrole nitrogens is 1. The molecule has 21 heavy (non-hydrogen) atoms. The lowest BCUT2D eigenvalue weighted by molar-refractivity contribution is 0.177. The summed E-state index contributed by atoms with van der Waals surface area (Å²) in [5, 5.41) is -0.00974. The van der Waals surface area contributed by atoms with Crippen LogP contribution in [0.2, 0.25) is 2.82 Å². The summed E-state index contributed by atoms with van der Waals surface area (Å²) >= 11 is 0. The summed E-state index contributed by atoms with van der Waals surface area (Å²) in [6.45, 7) is -8.00. The van der Waals surface area contributed by atoms with Gasteiger partial charge >= 0.3 is 6.09 Å². The molecular formula is C16H21N3O2. The van der Waals surface area contributed by atoms with Crippen molar-refractivity contribution in [3.63, 3.8) is 0 Å². The highest BCUT2D eigenvalue weighted by atomic mass is 16.6. The van der Waals surface area contributed by atoms with E-state index >= 15 is 0 Å². The van der Waals surface area contributed by atoms with E-state index in [9.17, 15) is 4.79 Å². The minimum atomic E-state index is -2.83. The Morgan fingerprint density at radius 2 is 2.62 bits per heavy atom. The van der Waals surface area contributed by atoms with Crippen LogP contribution in [0.4, 0.5) is 4.79 Å². The molecule has 5 heteroatoms. The number of ether oxygens (including phenoxy) is 1. The van der Waals surface area contributed by atoms with Crippen LogP contribution in [-0.4, -0.2) is 49.1 Å². The number of likely N-dealkylation sites (N-methyl/N-ethyl adjacent to an activating group) is 1. The zero-order chi connectivity index (χ0) is 26.1. The predicted octanol–water partition coefficient (Wildman–Crippen LogP) is 1.92. The van der Waals surface area contributed by atoms with Gasteiger partial charge in [0.05, 0.1) is 14.3 Å². The van der Waals surface area contributed by atoms with Crippen molar-refractivity contribution in [1.82, 2.24) is 15.2 Å². The van der Waals surface area contributed by atoms with E-state index in [1.165, 1.54) is 0 Å². The van der Waals surface area contributed by atoms with Crippen LogP contribution >= 0.6 is 0 Å². The van der Waals surface area contributed by atoms with Crippen molar-refractivity contribution in [3.8, 4) is 0 Å². The molecule has 5 nitrogen and oxygen atoms in total. The van der Waals surface area contributed by atoms with Gasteiger partial charge in [0.25, 0.3) is 0 Å². The Morgan fingerprint density at radius 3 is 3.38 bits per heavy atom. The van der Waals surface area contributed by atoms with Gasteiger partial charge in [0.2, 0.25) is 0 Å². The van der Waals surface area contributed by atoms with Crippen LogP contribution in [0.25, 0.3) is 10.9 Å². The fourth-order valence-corrected chi connectivity index (χ4v) is 1.93. The van der Waals surface area contributed by atoms with Crippen LogP contribution in [0, 0.1) is 0 Å². The number of hydrogen-bond acceptors (Lipinski definition) is 3. The first-order chi connectivity index (χ1) is 15.3. The first-order valence-corrected chi connectivity index (χ1v) is 6.19. The van der Waals surface area contributed by atoms with E-state index in [1.807, 2.05) is 0 Å². The highest BCUT2D eigenvalue weighted by Gasteiger charge is 2.22. The maximum absolute atomic E-state index is 11.6. The molecule has 0 aliphatic carbocycles. The molecule has 1 aliphatic heterocycles. The lowest BCUT2D eigenvalue weighted by Gasteiger charge is -2.09. The Labute approximate surface area is 142 Å². The number of aryl methyl sites for hydroxylation is 1. The fraction of sp³-hybridized carbons (Fsp3) is 0.438. The second kappa shape index (κ2) is 5.77. The van der Waals surface area contributed by atoms with Crippen LogP contribution in [-0.2, 0) is 17.6 Å². The quantitative estimate of drug-likeness (QED) is 0.887. The minimum absolute atomic E-state index is 0.225. The molecule has 0 spiro atoms. The Morgan fingerprint density at radius 1 is 1.71 bits per heavy atom. The molecule has 0 saturated carbocycles. The van der Waals surface area contributed by atoms with Crippen molar-refractivity contribution in [2.45, 2.75) is 18.9 Å². The standard InChI is InChI=1S/C16H21N3O2/c1-19(2)6-5-12-9-17-15-4-3-11(8-14(12)15)7-13-10-21-16(20)18-13/h3-4,8-9,13,17H,5-7,10H2,1-2H3,(H,18,20)/t13-/m0/s1/i1D3,3D,4D,6D2,8D,9D,10D2/hD2. The second-order valence-electron chi connectivity index (χ2n) is 4.51. The summed E-state index contributed by atoms with van der Waals surface area (Å²) in [4.78, 5) is 12.6. The molecule has 112 valence electrons. The van der Waals surface area contributed by atoms with E-state index in [2.05, 4.69) is 4.74 Å². The maximum atomic E-state index is 11.6. The van der Waals surface area contributed by atoms with E-state index in [-0.39, 0.29) is 27.3 Å². The van der Waals surface area contributed by atoms with Crippen LogP contribution < -0.4 is 5.31 Å². The molecule has 0 unspecified atom stereocenters. The number of hydrogen-bond donors (Lipinski definition) is 2. The molecule has 0 radical (unpaired) electrons. The topological polar surface area (TPSA) is 57.4 Å². The van der Waals surface area contributed by atoms with Gasteiger partial charge in [-0.25, -0.2) is 4.79 Å². The third-order valence-electron chi connectivity index (χ3n) is 2.88. The number of carbonyl (C=O) groups excluding carboxylic acids is 1. The molecule has 1 amide bonds. The van der Waals surface area contributed by atoms with Crippen molar-refractivity contribution >= 4 is 17.0 Å². The molecule has 1 aliphatic rings. The number of benzene rings is 1. The van der Waals surface area contributed by atoms with Crippen LogP contribution in [0.15, 0.2) is 24.3 Å². The Balaban J connectivity index is 2.21. The van der Waals surface area contributed by atoms with Gasteiger partial charge < -0.3 is 19.9 Å². The maximum Gasteiger partial charge on any atom is 0.407 e. The van der Waals surface area contributed by atoms with Gasteiger partial charge in [0, 0.05) is 30.4 Å². The molecular weight excluding hydrogens is 266 g/mol. The summed E-state index contributed by atoms with van der Waals surface area (Å²) in [5.41, 5.74) is -0.843. The van der Waals surface area contributed by atoms with Gasteiger partial charge in [-0.15, -0.1) is 0 Å². The van der Waals surface area contributed by atoms with Gasteiger partial charge in [-0.1, -0.05) is 6.04 Å². The van der Waals surface area contributed by atoms with Gasteiger partial charge in [-0.05, 0) is 50.1 Å². The molecule has 3 rings (SSSR count). The molecule has 2 aromatic rings. The Bertz CT molecular complexity index is 1160. The number of alkyl carbamates (subject to hydrolysis) is 1. The number of aromatic amines is 1. The molecule has 1 aromatic carbocycles. The van der Waals surface area contributed by atoms with Crippen LogP contribution in [0.5, 0.6) is 0 Å². The summed E-state index contributed by atoms with van der Waals surface area (Å²) in [7, 11) is 1.02. The van der Waals surface area contributed by atoms with E-state index in [1.54, 1.807) is 0 Å². The third-order valence-corrected chi connectivity index (χ3v) is 2.88. The molecule has 2 N–H and O–H groups in total. The van der Waals surface area contributed by atoms with Crippen molar-refractivity contribution < 1.29 is 27.4 Å². The van der Waals surface area contributed by atoms with E-state index in [0.717, 1.165) is 7.05 Å². The third kappa shape index (κ3) is 3.19. The molecule has 1 aromatic heterocycles. The fourth-order valence-electron chi connectivity index (χ4n) is 1.93. The monoisotopic (exact) mass is 300 g/mol. The number of cyclic esters (lactones) is 1. The van der Waals surface area contributed by atoms with E-state index < -0.39 is 69.3 Å². The SMILES string of the molecule is [2H]c1c(C[C@@H]2N([2H])C(=O)OC2([2H])[2H])c([2H])c2c(CC([2H])([2H])N(C)C([2H])([2H])[2H])c([2H])n([2H])c2c1[2H]. The normalized spacial score (nSPS) is 31.3. The van der Waals surface area contributed by atoms with Gasteiger partial charge in [-0.3, -0.25) is 0 Å². The highest BCUT2D eigenvalue weighted by Crippen LogP contribution is 2.21. The predicted molar refractivity (Wildman–Crippen MR) is 82.5 cm³/mol. The number of fused-ring (bicyclic) bond motifs is 1. The summed E-state index contributed by atoms with van der Waals surface area (Å²) < 4.78 is 108. The number of carbonyl (C=O) groups is 1. The van der Waals surface area contributed by atoms with E-state index in [4.69, 9.17) is 17.9 Å². The lowest BCUT2D eigenvalue weighted by atomic mass is 10.0. The first-order valence-electron chi connectivity index (χ1n) is 12.6. The van der Waals surface area contributed by atoms with Gasteiger partial charge in [-0.2, -0.15) is 0 Å². The second-order valence-corrected chi connectivity index (χ2v) is 4.51.